The van der Waals surface area contributed by atoms with Gasteiger partial charge in [-0.2, -0.15) is 0 Å². The molecule has 5 heteroatoms. The van der Waals surface area contributed by atoms with Crippen LogP contribution in [0.15, 0.2) is 18.2 Å². The van der Waals surface area contributed by atoms with Crippen molar-refractivity contribution in [3.8, 4) is 0 Å². The molecular weight excluding hydrogens is 226 g/mol. The Bertz CT molecular complexity index is 417. The molecule has 17 heavy (non-hydrogen) atoms. The van der Waals surface area contributed by atoms with E-state index in [1.54, 1.807) is 0 Å². The number of hydrogen-bond acceptors (Lipinski definition) is 2. The molecule has 1 unspecified atom stereocenters. The Kier molecular flexibility index (Phi) is 3.68. The van der Waals surface area contributed by atoms with E-state index in [1.165, 1.54) is 6.07 Å². The van der Waals surface area contributed by atoms with E-state index in [2.05, 4.69) is 10.6 Å². The fraction of sp³-hybridized carbons (Fsp3) is 0.417. The third-order valence-electron chi connectivity index (χ3n) is 2.82. The molecule has 1 aliphatic heterocycles. The van der Waals surface area contributed by atoms with Crippen LogP contribution in [0, 0.1) is 11.6 Å². The lowest BCUT2D eigenvalue weighted by atomic mass is 10.0. The van der Waals surface area contributed by atoms with Crippen molar-refractivity contribution in [2.75, 3.05) is 11.9 Å². The van der Waals surface area contributed by atoms with Gasteiger partial charge in [0.1, 0.15) is 11.6 Å². The number of halogens is 2. The molecule has 1 aliphatic rings. The number of anilines is 1. The molecule has 2 N–H and O–H groups in total. The highest BCUT2D eigenvalue weighted by molar-refractivity contribution is 5.94. The summed E-state index contributed by atoms with van der Waals surface area (Å²) < 4.78 is 26.0. The van der Waals surface area contributed by atoms with Gasteiger partial charge in [-0.25, -0.2) is 8.78 Å². The molecule has 0 radical (unpaired) electrons. The maximum atomic E-state index is 13.3. The summed E-state index contributed by atoms with van der Waals surface area (Å²) >= 11 is 0. The highest BCUT2D eigenvalue weighted by Gasteiger charge is 2.21. The van der Waals surface area contributed by atoms with Crippen molar-refractivity contribution in [2.24, 2.45) is 0 Å². The summed E-state index contributed by atoms with van der Waals surface area (Å²) in [5.74, 6) is -1.68. The smallest absolute Gasteiger partial charge is 0.241 e. The Balaban J connectivity index is 2.02. The van der Waals surface area contributed by atoms with Crippen molar-refractivity contribution in [1.29, 1.82) is 0 Å². The van der Waals surface area contributed by atoms with E-state index in [0.29, 0.717) is 0 Å². The second-order valence-corrected chi connectivity index (χ2v) is 4.12. The molecule has 1 heterocycles. The molecule has 92 valence electrons. The van der Waals surface area contributed by atoms with E-state index >= 15 is 0 Å². The van der Waals surface area contributed by atoms with Crippen LogP contribution in [-0.4, -0.2) is 18.5 Å². The minimum Gasteiger partial charge on any atom is -0.322 e. The first-order valence-electron chi connectivity index (χ1n) is 5.66. The molecule has 1 atom stereocenters. The Labute approximate surface area is 98.2 Å². The first-order valence-corrected chi connectivity index (χ1v) is 5.66. The Morgan fingerprint density at radius 1 is 1.35 bits per heavy atom. The average molecular weight is 240 g/mol. The molecule has 1 amide bonds. The summed E-state index contributed by atoms with van der Waals surface area (Å²) in [5.41, 5.74) is 0.0174. The van der Waals surface area contributed by atoms with Crippen molar-refractivity contribution in [3.63, 3.8) is 0 Å². The molecule has 0 aliphatic carbocycles. The Hall–Kier alpha value is -1.49. The van der Waals surface area contributed by atoms with Crippen LogP contribution in [0.4, 0.5) is 14.5 Å². The second kappa shape index (κ2) is 5.23. The number of amides is 1. The number of benzene rings is 1. The van der Waals surface area contributed by atoms with Crippen LogP contribution in [0.5, 0.6) is 0 Å². The molecule has 0 spiro atoms. The lowest BCUT2D eigenvalue weighted by Gasteiger charge is -2.22. The van der Waals surface area contributed by atoms with E-state index < -0.39 is 11.6 Å². The van der Waals surface area contributed by atoms with Crippen molar-refractivity contribution in [3.05, 3.63) is 29.8 Å². The topological polar surface area (TPSA) is 41.1 Å². The maximum Gasteiger partial charge on any atom is 0.241 e. The zero-order valence-corrected chi connectivity index (χ0v) is 9.30. The lowest BCUT2D eigenvalue weighted by molar-refractivity contribution is -0.118. The molecule has 1 saturated heterocycles. The molecule has 3 nitrogen and oxygen atoms in total. The number of nitrogens with one attached hydrogen (secondary N) is 2. The second-order valence-electron chi connectivity index (χ2n) is 4.12. The monoisotopic (exact) mass is 240 g/mol. The number of carbonyl (C=O) groups is 1. The van der Waals surface area contributed by atoms with Crippen molar-refractivity contribution in [1.82, 2.24) is 5.32 Å². The minimum absolute atomic E-state index is 0.0174. The predicted octanol–water partition coefficient (Wildman–Crippen LogP) is 2.05. The first kappa shape index (κ1) is 12.0. The molecule has 0 bridgehead atoms. The van der Waals surface area contributed by atoms with Gasteiger partial charge in [-0.15, -0.1) is 0 Å². The summed E-state index contributed by atoms with van der Waals surface area (Å²) in [5, 5.41) is 5.53. The van der Waals surface area contributed by atoms with Crippen LogP contribution in [-0.2, 0) is 4.79 Å². The van der Waals surface area contributed by atoms with Crippen LogP contribution in [0.3, 0.4) is 0 Å². The van der Waals surface area contributed by atoms with Crippen molar-refractivity contribution >= 4 is 11.6 Å². The van der Waals surface area contributed by atoms with Gasteiger partial charge in [0.15, 0.2) is 0 Å². The van der Waals surface area contributed by atoms with Gasteiger partial charge >= 0.3 is 0 Å². The average Bonchev–Trinajstić information content (AvgIpc) is 2.34. The molecule has 0 aromatic heterocycles. The lowest BCUT2D eigenvalue weighted by Crippen LogP contribution is -2.43. The molecule has 2 rings (SSSR count). The van der Waals surface area contributed by atoms with Gasteiger partial charge in [-0.1, -0.05) is 6.42 Å². The molecular formula is C12H14F2N2O. The van der Waals surface area contributed by atoms with Gasteiger partial charge in [0.05, 0.1) is 11.7 Å². The standard InChI is InChI=1S/C12H14F2N2O/c13-8-4-5-10(9(14)7-8)16-12(17)11-3-1-2-6-15-11/h4-5,7,11,15H,1-3,6H2,(H,16,17). The van der Waals surface area contributed by atoms with Crippen LogP contribution in [0.1, 0.15) is 19.3 Å². The SMILES string of the molecule is O=C(Nc1ccc(F)cc1F)C1CCCCN1. The molecule has 1 fully saturated rings. The number of rotatable bonds is 2. The minimum atomic E-state index is -0.755. The third-order valence-corrected chi connectivity index (χ3v) is 2.82. The van der Waals surface area contributed by atoms with Crippen LogP contribution >= 0.6 is 0 Å². The first-order chi connectivity index (χ1) is 8.16. The number of hydrogen-bond donors (Lipinski definition) is 2. The van der Waals surface area contributed by atoms with E-state index in [0.717, 1.165) is 37.9 Å². The summed E-state index contributed by atoms with van der Waals surface area (Å²) in [6.07, 6.45) is 2.78. The van der Waals surface area contributed by atoms with E-state index in [1.807, 2.05) is 0 Å². The fourth-order valence-electron chi connectivity index (χ4n) is 1.89. The van der Waals surface area contributed by atoms with E-state index in [4.69, 9.17) is 0 Å². The van der Waals surface area contributed by atoms with Gasteiger partial charge in [-0.3, -0.25) is 4.79 Å². The van der Waals surface area contributed by atoms with Gasteiger partial charge in [0, 0.05) is 6.07 Å². The zero-order chi connectivity index (χ0) is 12.3. The predicted molar refractivity (Wildman–Crippen MR) is 60.6 cm³/mol. The summed E-state index contributed by atoms with van der Waals surface area (Å²) in [6, 6.07) is 2.82. The molecule has 1 aromatic rings. The van der Waals surface area contributed by atoms with Gasteiger partial charge < -0.3 is 10.6 Å². The third kappa shape index (κ3) is 3.00. The molecule has 1 aromatic carbocycles. The van der Waals surface area contributed by atoms with Crippen LogP contribution < -0.4 is 10.6 Å². The summed E-state index contributed by atoms with van der Waals surface area (Å²) in [4.78, 5) is 11.8. The number of carbonyl (C=O) groups excluding carboxylic acids is 1. The highest BCUT2D eigenvalue weighted by Crippen LogP contribution is 2.16. The van der Waals surface area contributed by atoms with E-state index in [-0.39, 0.29) is 17.6 Å². The Morgan fingerprint density at radius 3 is 2.82 bits per heavy atom. The fourth-order valence-corrected chi connectivity index (χ4v) is 1.89. The largest absolute Gasteiger partial charge is 0.322 e. The molecule has 0 saturated carbocycles. The Morgan fingerprint density at radius 2 is 2.18 bits per heavy atom. The van der Waals surface area contributed by atoms with Gasteiger partial charge in [-0.05, 0) is 31.5 Å². The van der Waals surface area contributed by atoms with Crippen molar-refractivity contribution < 1.29 is 13.6 Å². The normalized spacial score (nSPS) is 20.0. The maximum absolute atomic E-state index is 13.3. The van der Waals surface area contributed by atoms with Gasteiger partial charge in [0.2, 0.25) is 5.91 Å². The van der Waals surface area contributed by atoms with Crippen LogP contribution in [0.2, 0.25) is 0 Å². The van der Waals surface area contributed by atoms with Crippen LogP contribution in [0.25, 0.3) is 0 Å². The zero-order valence-electron chi connectivity index (χ0n) is 9.30. The van der Waals surface area contributed by atoms with Gasteiger partial charge in [0.25, 0.3) is 0 Å². The summed E-state index contributed by atoms with van der Waals surface area (Å²) in [6.45, 7) is 0.796. The summed E-state index contributed by atoms with van der Waals surface area (Å²) in [7, 11) is 0. The van der Waals surface area contributed by atoms with E-state index in [9.17, 15) is 13.6 Å². The van der Waals surface area contributed by atoms with Crippen molar-refractivity contribution in [2.45, 2.75) is 25.3 Å². The number of piperidine rings is 1. The highest BCUT2D eigenvalue weighted by atomic mass is 19.1. The quantitative estimate of drug-likeness (QED) is 0.830.